The first kappa shape index (κ1) is 15.4. The van der Waals surface area contributed by atoms with Gasteiger partial charge in [-0.2, -0.15) is 5.10 Å². The third-order valence-electron chi connectivity index (χ3n) is 3.74. The highest BCUT2D eigenvalue weighted by Crippen LogP contribution is 2.27. The number of hydrogen-bond donors (Lipinski definition) is 3. The molecule has 2 aromatic heterocycles. The summed E-state index contributed by atoms with van der Waals surface area (Å²) in [6, 6.07) is 0. The van der Waals surface area contributed by atoms with E-state index in [2.05, 4.69) is 25.8 Å². The Labute approximate surface area is 137 Å². The zero-order valence-electron chi connectivity index (χ0n) is 11.8. The summed E-state index contributed by atoms with van der Waals surface area (Å²) in [6.45, 7) is 2.87. The van der Waals surface area contributed by atoms with Crippen LogP contribution in [0, 0.1) is 0 Å². The molecule has 0 radical (unpaired) electrons. The Morgan fingerprint density at radius 1 is 1.36 bits per heavy atom. The van der Waals surface area contributed by atoms with E-state index in [1.165, 1.54) is 11.3 Å². The van der Waals surface area contributed by atoms with Gasteiger partial charge in [0.2, 0.25) is 0 Å². The van der Waals surface area contributed by atoms with Crippen molar-refractivity contribution in [3.8, 4) is 0 Å². The standard InChI is InChI=1S/C13H15N5O2S.ClH/c19-12(11-7-5-14-3-1-8(7)17-18-11)16-13-15-9-2-4-20-6-10(9)21-13;/h14H,1-6H2,(H,17,18)(H,15,16,19);1H. The molecular weight excluding hydrogens is 326 g/mol. The van der Waals surface area contributed by atoms with Gasteiger partial charge < -0.3 is 10.1 Å². The molecule has 0 bridgehead atoms. The van der Waals surface area contributed by atoms with Crippen molar-refractivity contribution in [2.75, 3.05) is 18.5 Å². The van der Waals surface area contributed by atoms with Crippen LogP contribution in [0.2, 0.25) is 0 Å². The average molecular weight is 342 g/mol. The number of aromatic amines is 1. The fourth-order valence-corrected chi connectivity index (χ4v) is 3.59. The van der Waals surface area contributed by atoms with Gasteiger partial charge in [0.05, 0.1) is 23.8 Å². The first-order valence-electron chi connectivity index (χ1n) is 6.96. The minimum absolute atomic E-state index is 0. The number of nitrogens with one attached hydrogen (secondary N) is 3. The highest BCUT2D eigenvalue weighted by Gasteiger charge is 2.23. The van der Waals surface area contributed by atoms with Crippen LogP contribution >= 0.6 is 23.7 Å². The number of carbonyl (C=O) groups is 1. The van der Waals surface area contributed by atoms with E-state index in [0.29, 0.717) is 30.6 Å². The number of H-pyrrole nitrogens is 1. The average Bonchev–Trinajstić information content (AvgIpc) is 3.10. The second-order valence-electron chi connectivity index (χ2n) is 5.10. The van der Waals surface area contributed by atoms with Gasteiger partial charge in [0, 0.05) is 37.2 Å². The maximum Gasteiger partial charge on any atom is 0.278 e. The Kier molecular flexibility index (Phi) is 4.44. The topological polar surface area (TPSA) is 91.9 Å². The summed E-state index contributed by atoms with van der Waals surface area (Å²) in [5, 5.41) is 13.8. The highest BCUT2D eigenvalue weighted by atomic mass is 35.5. The molecule has 22 heavy (non-hydrogen) atoms. The molecule has 0 saturated carbocycles. The second-order valence-corrected chi connectivity index (χ2v) is 6.19. The minimum atomic E-state index is -0.205. The summed E-state index contributed by atoms with van der Waals surface area (Å²) >= 11 is 1.48. The molecule has 0 saturated heterocycles. The number of rotatable bonds is 2. The molecule has 0 atom stereocenters. The van der Waals surface area contributed by atoms with Crippen molar-refractivity contribution in [1.82, 2.24) is 20.5 Å². The Morgan fingerprint density at radius 2 is 2.27 bits per heavy atom. The van der Waals surface area contributed by atoms with Crippen LogP contribution in [0.1, 0.15) is 32.3 Å². The molecule has 4 heterocycles. The number of aromatic nitrogens is 3. The molecule has 9 heteroatoms. The molecule has 7 nitrogen and oxygen atoms in total. The lowest BCUT2D eigenvalue weighted by molar-refractivity contribution is 0.102. The van der Waals surface area contributed by atoms with Gasteiger partial charge in [-0.1, -0.05) is 11.3 Å². The summed E-state index contributed by atoms with van der Waals surface area (Å²) < 4.78 is 5.39. The predicted molar refractivity (Wildman–Crippen MR) is 84.7 cm³/mol. The maximum atomic E-state index is 12.4. The molecule has 118 valence electrons. The Bertz CT molecular complexity index is 675. The van der Waals surface area contributed by atoms with Crippen molar-refractivity contribution < 1.29 is 9.53 Å². The molecule has 1 amide bonds. The summed E-state index contributed by atoms with van der Waals surface area (Å²) in [5.74, 6) is -0.205. The van der Waals surface area contributed by atoms with Gasteiger partial charge in [0.1, 0.15) is 0 Å². The first-order valence-corrected chi connectivity index (χ1v) is 7.77. The quantitative estimate of drug-likeness (QED) is 0.764. The fraction of sp³-hybridized carbons (Fsp3) is 0.462. The number of thiazole rings is 1. The van der Waals surface area contributed by atoms with E-state index in [1.54, 1.807) is 0 Å². The zero-order valence-corrected chi connectivity index (χ0v) is 13.4. The molecule has 0 spiro atoms. The van der Waals surface area contributed by atoms with Crippen LogP contribution in [-0.4, -0.2) is 34.2 Å². The Balaban J connectivity index is 0.00000144. The SMILES string of the molecule is Cl.O=C(Nc1nc2c(s1)COCC2)c1n[nH]c2c1CNCC2. The molecule has 2 aliphatic heterocycles. The molecule has 4 rings (SSSR count). The fourth-order valence-electron chi connectivity index (χ4n) is 2.65. The lowest BCUT2D eigenvalue weighted by Gasteiger charge is -2.12. The lowest BCUT2D eigenvalue weighted by atomic mass is 10.1. The molecule has 0 aromatic carbocycles. The number of carbonyl (C=O) groups excluding carboxylic acids is 1. The van der Waals surface area contributed by atoms with Crippen molar-refractivity contribution >= 4 is 34.8 Å². The van der Waals surface area contributed by atoms with Crippen LogP contribution < -0.4 is 10.6 Å². The summed E-state index contributed by atoms with van der Waals surface area (Å²) in [4.78, 5) is 17.9. The molecule has 2 aliphatic rings. The van der Waals surface area contributed by atoms with Crippen molar-refractivity contribution in [3.05, 3.63) is 27.5 Å². The van der Waals surface area contributed by atoms with E-state index in [9.17, 15) is 4.79 Å². The van der Waals surface area contributed by atoms with E-state index in [1.807, 2.05) is 0 Å². The van der Waals surface area contributed by atoms with Crippen molar-refractivity contribution in [1.29, 1.82) is 0 Å². The van der Waals surface area contributed by atoms with Crippen molar-refractivity contribution in [2.24, 2.45) is 0 Å². The molecule has 3 N–H and O–H groups in total. The number of fused-ring (bicyclic) bond motifs is 2. The Morgan fingerprint density at radius 3 is 3.14 bits per heavy atom. The zero-order chi connectivity index (χ0) is 14.2. The largest absolute Gasteiger partial charge is 0.375 e. The van der Waals surface area contributed by atoms with Gasteiger partial charge in [-0.05, 0) is 0 Å². The number of nitrogens with zero attached hydrogens (tertiary/aromatic N) is 2. The molecule has 0 fully saturated rings. The van der Waals surface area contributed by atoms with Crippen LogP contribution in [0.15, 0.2) is 0 Å². The smallest absolute Gasteiger partial charge is 0.278 e. The van der Waals surface area contributed by atoms with E-state index >= 15 is 0 Å². The number of amides is 1. The highest BCUT2D eigenvalue weighted by molar-refractivity contribution is 7.15. The van der Waals surface area contributed by atoms with Gasteiger partial charge in [-0.3, -0.25) is 15.2 Å². The van der Waals surface area contributed by atoms with E-state index in [-0.39, 0.29) is 18.3 Å². The van der Waals surface area contributed by atoms with E-state index in [0.717, 1.165) is 41.2 Å². The maximum absolute atomic E-state index is 12.4. The summed E-state index contributed by atoms with van der Waals surface area (Å²) in [7, 11) is 0. The third kappa shape index (κ3) is 2.74. The van der Waals surface area contributed by atoms with E-state index in [4.69, 9.17) is 4.74 Å². The van der Waals surface area contributed by atoms with Crippen molar-refractivity contribution in [3.63, 3.8) is 0 Å². The number of hydrogen-bond acceptors (Lipinski definition) is 6. The number of ether oxygens (including phenoxy) is 1. The molecular formula is C13H16ClN5O2S. The van der Waals surface area contributed by atoms with Gasteiger partial charge >= 0.3 is 0 Å². The monoisotopic (exact) mass is 341 g/mol. The van der Waals surface area contributed by atoms with Crippen LogP contribution in [0.4, 0.5) is 5.13 Å². The molecule has 0 aliphatic carbocycles. The number of anilines is 1. The normalized spacial score (nSPS) is 16.4. The van der Waals surface area contributed by atoms with E-state index < -0.39 is 0 Å². The van der Waals surface area contributed by atoms with Crippen LogP contribution in [-0.2, 0) is 30.7 Å². The second kappa shape index (κ2) is 6.33. The van der Waals surface area contributed by atoms with Gasteiger partial charge in [-0.15, -0.1) is 12.4 Å². The lowest BCUT2D eigenvalue weighted by Crippen LogP contribution is -2.25. The van der Waals surface area contributed by atoms with Crippen LogP contribution in [0.3, 0.4) is 0 Å². The van der Waals surface area contributed by atoms with Gasteiger partial charge in [0.25, 0.3) is 5.91 Å². The summed E-state index contributed by atoms with van der Waals surface area (Å²) in [6.07, 6.45) is 1.68. The minimum Gasteiger partial charge on any atom is -0.375 e. The first-order chi connectivity index (χ1) is 10.3. The molecule has 2 aromatic rings. The van der Waals surface area contributed by atoms with Crippen LogP contribution in [0.5, 0.6) is 0 Å². The predicted octanol–water partition coefficient (Wildman–Crippen LogP) is 1.26. The van der Waals surface area contributed by atoms with Gasteiger partial charge in [0.15, 0.2) is 10.8 Å². The van der Waals surface area contributed by atoms with Gasteiger partial charge in [-0.25, -0.2) is 4.98 Å². The van der Waals surface area contributed by atoms with Crippen LogP contribution in [0.25, 0.3) is 0 Å². The third-order valence-corrected chi connectivity index (χ3v) is 4.72. The van der Waals surface area contributed by atoms with Crippen molar-refractivity contribution in [2.45, 2.75) is 26.0 Å². The summed E-state index contributed by atoms with van der Waals surface area (Å²) in [5.41, 5.74) is 3.50. The number of halogens is 1. The molecule has 0 unspecified atom stereocenters. The Hall–Kier alpha value is -1.48.